The third-order valence-electron chi connectivity index (χ3n) is 3.50. The molecule has 0 spiro atoms. The Morgan fingerprint density at radius 1 is 1.38 bits per heavy atom. The van der Waals surface area contributed by atoms with Crippen LogP contribution in [0.1, 0.15) is 6.42 Å². The molecule has 2 aliphatic rings. The van der Waals surface area contributed by atoms with Crippen LogP contribution in [0.3, 0.4) is 0 Å². The molecule has 0 saturated heterocycles. The minimum Gasteiger partial charge on any atom is -0.396 e. The Morgan fingerprint density at radius 3 is 2.54 bits per heavy atom. The van der Waals surface area contributed by atoms with Gasteiger partial charge >= 0.3 is 0 Å². The average molecular weight is 184 g/mol. The molecule has 74 valence electrons. The molecular weight excluding hydrogens is 168 g/mol. The van der Waals surface area contributed by atoms with Crippen LogP contribution in [0.15, 0.2) is 12.2 Å². The fourth-order valence-corrected chi connectivity index (χ4v) is 2.85. The van der Waals surface area contributed by atoms with Gasteiger partial charge in [0.1, 0.15) is 0 Å². The van der Waals surface area contributed by atoms with E-state index in [-0.39, 0.29) is 12.5 Å². The second kappa shape index (κ2) is 3.08. The van der Waals surface area contributed by atoms with Crippen LogP contribution in [0.25, 0.3) is 0 Å². The lowest BCUT2D eigenvalue weighted by Gasteiger charge is -2.38. The number of methoxy groups -OCH3 is 2. The minimum absolute atomic E-state index is 0.0949. The number of aliphatic hydroxyl groups is 1. The van der Waals surface area contributed by atoms with Gasteiger partial charge in [-0.1, -0.05) is 12.2 Å². The van der Waals surface area contributed by atoms with Gasteiger partial charge in [0.05, 0.1) is 6.61 Å². The highest BCUT2D eigenvalue weighted by Crippen LogP contribution is 2.52. The molecule has 13 heavy (non-hydrogen) atoms. The van der Waals surface area contributed by atoms with Crippen molar-refractivity contribution in [3.8, 4) is 0 Å². The van der Waals surface area contributed by atoms with E-state index in [1.54, 1.807) is 14.2 Å². The van der Waals surface area contributed by atoms with Crippen LogP contribution in [0, 0.1) is 17.8 Å². The zero-order valence-corrected chi connectivity index (χ0v) is 8.06. The van der Waals surface area contributed by atoms with E-state index in [4.69, 9.17) is 9.47 Å². The zero-order chi connectivity index (χ0) is 9.47. The van der Waals surface area contributed by atoms with Gasteiger partial charge in [-0.05, 0) is 12.3 Å². The highest BCUT2D eigenvalue weighted by molar-refractivity contribution is 5.18. The molecule has 0 heterocycles. The Morgan fingerprint density at radius 2 is 2.08 bits per heavy atom. The van der Waals surface area contributed by atoms with E-state index in [0.717, 1.165) is 6.42 Å². The Hall–Kier alpha value is -0.380. The van der Waals surface area contributed by atoms with Crippen LogP contribution in [0.4, 0.5) is 0 Å². The maximum Gasteiger partial charge on any atom is 0.179 e. The van der Waals surface area contributed by atoms with E-state index < -0.39 is 5.79 Å². The first kappa shape index (κ1) is 9.19. The van der Waals surface area contributed by atoms with Gasteiger partial charge in [-0.3, -0.25) is 0 Å². The third-order valence-corrected chi connectivity index (χ3v) is 3.50. The van der Waals surface area contributed by atoms with Crippen molar-refractivity contribution >= 4 is 0 Å². The van der Waals surface area contributed by atoms with Crippen molar-refractivity contribution < 1.29 is 14.6 Å². The summed E-state index contributed by atoms with van der Waals surface area (Å²) < 4.78 is 10.9. The predicted molar refractivity (Wildman–Crippen MR) is 48.1 cm³/mol. The highest BCUT2D eigenvalue weighted by Gasteiger charge is 2.56. The summed E-state index contributed by atoms with van der Waals surface area (Å²) in [5.41, 5.74) is 0. The largest absolute Gasteiger partial charge is 0.396 e. The lowest BCUT2D eigenvalue weighted by atomic mass is 9.88. The third kappa shape index (κ3) is 1.01. The Labute approximate surface area is 78.3 Å². The van der Waals surface area contributed by atoms with E-state index >= 15 is 0 Å². The maximum atomic E-state index is 9.29. The fourth-order valence-electron chi connectivity index (χ4n) is 2.85. The molecule has 1 N–H and O–H groups in total. The maximum absolute atomic E-state index is 9.29. The summed E-state index contributed by atoms with van der Waals surface area (Å²) in [6.07, 6.45) is 5.36. The molecule has 0 radical (unpaired) electrons. The van der Waals surface area contributed by atoms with E-state index in [2.05, 4.69) is 12.2 Å². The molecular formula is C10H16O3. The van der Waals surface area contributed by atoms with Gasteiger partial charge in [-0.2, -0.15) is 0 Å². The zero-order valence-electron chi connectivity index (χ0n) is 8.06. The highest BCUT2D eigenvalue weighted by atomic mass is 16.7. The summed E-state index contributed by atoms with van der Waals surface area (Å²) in [6.45, 7) is 0.132. The van der Waals surface area contributed by atoms with Crippen LogP contribution >= 0.6 is 0 Å². The monoisotopic (exact) mass is 184 g/mol. The van der Waals surface area contributed by atoms with Crippen molar-refractivity contribution in [2.75, 3.05) is 20.8 Å². The van der Waals surface area contributed by atoms with Crippen LogP contribution in [0.5, 0.6) is 0 Å². The van der Waals surface area contributed by atoms with Gasteiger partial charge in [-0.25, -0.2) is 0 Å². The molecule has 0 aromatic carbocycles. The Balaban J connectivity index is 2.30. The van der Waals surface area contributed by atoms with Gasteiger partial charge in [0.2, 0.25) is 0 Å². The second-order valence-corrected chi connectivity index (χ2v) is 3.81. The molecule has 0 aromatic rings. The molecule has 2 rings (SSSR count). The van der Waals surface area contributed by atoms with Gasteiger partial charge in [0.15, 0.2) is 5.79 Å². The van der Waals surface area contributed by atoms with Gasteiger partial charge < -0.3 is 14.6 Å². The second-order valence-electron chi connectivity index (χ2n) is 3.81. The Kier molecular flexibility index (Phi) is 2.18. The first-order valence-electron chi connectivity index (χ1n) is 4.68. The van der Waals surface area contributed by atoms with Crippen molar-refractivity contribution in [3.63, 3.8) is 0 Å². The lowest BCUT2D eigenvalue weighted by Crippen LogP contribution is -2.46. The predicted octanol–water partition coefficient (Wildman–Crippen LogP) is 0.790. The average Bonchev–Trinajstić information content (AvgIpc) is 2.74. The number of aliphatic hydroxyl groups excluding tert-OH is 1. The Bertz CT molecular complexity index is 220. The minimum atomic E-state index is -0.575. The molecule has 2 aliphatic carbocycles. The van der Waals surface area contributed by atoms with Crippen molar-refractivity contribution in [1.82, 2.24) is 0 Å². The van der Waals surface area contributed by atoms with Crippen molar-refractivity contribution in [3.05, 3.63) is 12.2 Å². The number of fused-ring (bicyclic) bond motifs is 2. The SMILES string of the molecule is COC1(OC)C2C=CC(C2)C1CO. The molecule has 0 aromatic heterocycles. The van der Waals surface area contributed by atoms with Crippen LogP contribution < -0.4 is 0 Å². The smallest absolute Gasteiger partial charge is 0.179 e. The summed E-state index contributed by atoms with van der Waals surface area (Å²) in [5.74, 6) is 0.255. The normalized spacial score (nSPS) is 40.1. The molecule has 3 nitrogen and oxygen atoms in total. The number of hydrogen-bond acceptors (Lipinski definition) is 3. The first-order valence-corrected chi connectivity index (χ1v) is 4.68. The van der Waals surface area contributed by atoms with Crippen LogP contribution in [-0.4, -0.2) is 31.7 Å². The van der Waals surface area contributed by atoms with Gasteiger partial charge in [0, 0.05) is 26.1 Å². The lowest BCUT2D eigenvalue weighted by molar-refractivity contribution is -0.253. The molecule has 0 amide bonds. The molecule has 1 fully saturated rings. The van der Waals surface area contributed by atoms with Crippen LogP contribution in [0.2, 0.25) is 0 Å². The standard InChI is InChI=1S/C10H16O3/c1-12-10(13-2)8-4-3-7(5-8)9(10)6-11/h3-4,7-9,11H,5-6H2,1-2H3. The summed E-state index contributed by atoms with van der Waals surface area (Å²) >= 11 is 0. The van der Waals surface area contributed by atoms with E-state index in [1.807, 2.05) is 0 Å². The van der Waals surface area contributed by atoms with Gasteiger partial charge in [0.25, 0.3) is 0 Å². The van der Waals surface area contributed by atoms with Gasteiger partial charge in [-0.15, -0.1) is 0 Å². The van der Waals surface area contributed by atoms with Crippen molar-refractivity contribution in [2.45, 2.75) is 12.2 Å². The fraction of sp³-hybridized carbons (Fsp3) is 0.800. The first-order chi connectivity index (χ1) is 6.28. The summed E-state index contributed by atoms with van der Waals surface area (Å²) in [4.78, 5) is 0. The quantitative estimate of drug-likeness (QED) is 0.520. The molecule has 1 saturated carbocycles. The molecule has 2 bridgehead atoms. The molecule has 3 unspecified atom stereocenters. The van der Waals surface area contributed by atoms with Crippen molar-refractivity contribution in [1.29, 1.82) is 0 Å². The number of hydrogen-bond donors (Lipinski definition) is 1. The van der Waals surface area contributed by atoms with E-state index in [9.17, 15) is 5.11 Å². The number of allylic oxidation sites excluding steroid dienone is 1. The molecule has 3 atom stereocenters. The molecule has 0 aliphatic heterocycles. The molecule has 3 heteroatoms. The summed E-state index contributed by atoms with van der Waals surface area (Å²) in [5, 5.41) is 9.29. The number of ether oxygens (including phenoxy) is 2. The topological polar surface area (TPSA) is 38.7 Å². The van der Waals surface area contributed by atoms with E-state index in [1.165, 1.54) is 0 Å². The van der Waals surface area contributed by atoms with E-state index in [0.29, 0.717) is 11.8 Å². The van der Waals surface area contributed by atoms with Crippen molar-refractivity contribution in [2.24, 2.45) is 17.8 Å². The summed E-state index contributed by atoms with van der Waals surface area (Å²) in [7, 11) is 3.31. The number of rotatable bonds is 3. The van der Waals surface area contributed by atoms with Crippen LogP contribution in [-0.2, 0) is 9.47 Å². The summed E-state index contributed by atoms with van der Waals surface area (Å²) in [6, 6.07) is 0.